The first-order valence-electron chi connectivity index (χ1n) is 6.22. The number of carbonyl (C=O) groups excluding carboxylic acids is 1. The second-order valence-electron chi connectivity index (χ2n) is 4.36. The van der Waals surface area contributed by atoms with E-state index in [0.717, 1.165) is 11.3 Å². The van der Waals surface area contributed by atoms with Gasteiger partial charge < -0.3 is 4.74 Å². The van der Waals surface area contributed by atoms with Gasteiger partial charge in [0.1, 0.15) is 5.75 Å². The molecule has 2 rings (SSSR count). The van der Waals surface area contributed by atoms with Gasteiger partial charge >= 0.3 is 0 Å². The number of ether oxygens (including phenoxy) is 1. The number of methoxy groups -OCH3 is 1. The van der Waals surface area contributed by atoms with Gasteiger partial charge in [-0.1, -0.05) is 41.4 Å². The fourth-order valence-corrected chi connectivity index (χ4v) is 2.27. The zero-order valence-corrected chi connectivity index (χ0v) is 12.5. The Morgan fingerprint density at radius 2 is 1.85 bits per heavy atom. The molecular formula is C16H14Cl2O2. The first-order valence-corrected chi connectivity index (χ1v) is 6.97. The summed E-state index contributed by atoms with van der Waals surface area (Å²) in [5, 5.41) is 0.850. The topological polar surface area (TPSA) is 26.3 Å². The number of para-hydroxylation sites is 1. The Bertz CT molecular complexity index is 624. The third kappa shape index (κ3) is 3.53. The van der Waals surface area contributed by atoms with E-state index in [2.05, 4.69) is 0 Å². The Morgan fingerprint density at radius 1 is 1.10 bits per heavy atom. The summed E-state index contributed by atoms with van der Waals surface area (Å²) in [4.78, 5) is 12.1. The van der Waals surface area contributed by atoms with Crippen LogP contribution in [0, 0.1) is 0 Å². The van der Waals surface area contributed by atoms with Gasteiger partial charge in [0.05, 0.1) is 17.2 Å². The third-order valence-corrected chi connectivity index (χ3v) is 3.79. The monoisotopic (exact) mass is 308 g/mol. The second kappa shape index (κ2) is 6.78. The smallest absolute Gasteiger partial charge is 0.163 e. The predicted octanol–water partition coefficient (Wildman–Crippen LogP) is 4.82. The average molecular weight is 309 g/mol. The third-order valence-electron chi connectivity index (χ3n) is 3.06. The predicted molar refractivity (Wildman–Crippen MR) is 82.1 cm³/mol. The van der Waals surface area contributed by atoms with E-state index in [9.17, 15) is 4.79 Å². The molecule has 0 aromatic heterocycles. The molecule has 0 spiro atoms. The lowest BCUT2D eigenvalue weighted by Gasteiger charge is -2.08. The van der Waals surface area contributed by atoms with E-state index in [1.54, 1.807) is 25.3 Å². The Labute approximate surface area is 128 Å². The number of benzene rings is 2. The van der Waals surface area contributed by atoms with Gasteiger partial charge in [0.15, 0.2) is 5.78 Å². The van der Waals surface area contributed by atoms with E-state index in [0.29, 0.717) is 28.5 Å². The first-order chi connectivity index (χ1) is 9.61. The largest absolute Gasteiger partial charge is 0.496 e. The van der Waals surface area contributed by atoms with Crippen molar-refractivity contribution >= 4 is 29.0 Å². The fraction of sp³-hybridized carbons (Fsp3) is 0.188. The van der Waals surface area contributed by atoms with Crippen molar-refractivity contribution in [2.45, 2.75) is 12.8 Å². The summed E-state index contributed by atoms with van der Waals surface area (Å²) in [5.74, 6) is 0.837. The molecule has 0 aliphatic carbocycles. The summed E-state index contributed by atoms with van der Waals surface area (Å²) < 4.78 is 5.27. The number of aryl methyl sites for hydroxylation is 1. The van der Waals surface area contributed by atoms with Crippen LogP contribution in [0.1, 0.15) is 22.3 Å². The molecule has 0 N–H and O–H groups in total. The van der Waals surface area contributed by atoms with Crippen molar-refractivity contribution in [3.8, 4) is 5.75 Å². The zero-order valence-electron chi connectivity index (χ0n) is 11.0. The number of carbonyl (C=O) groups is 1. The molecule has 2 nitrogen and oxygen atoms in total. The molecule has 0 unspecified atom stereocenters. The highest BCUT2D eigenvalue weighted by Crippen LogP contribution is 2.24. The van der Waals surface area contributed by atoms with Crippen molar-refractivity contribution in [1.29, 1.82) is 0 Å². The lowest BCUT2D eigenvalue weighted by Crippen LogP contribution is -2.02. The van der Waals surface area contributed by atoms with E-state index in [1.807, 2.05) is 24.3 Å². The maximum Gasteiger partial charge on any atom is 0.163 e. The summed E-state index contributed by atoms with van der Waals surface area (Å²) in [5.41, 5.74) is 1.60. The van der Waals surface area contributed by atoms with Crippen LogP contribution in [0.4, 0.5) is 0 Å². The molecule has 0 amide bonds. The minimum Gasteiger partial charge on any atom is -0.496 e. The van der Waals surface area contributed by atoms with E-state index in [-0.39, 0.29) is 5.78 Å². The van der Waals surface area contributed by atoms with Crippen LogP contribution in [0.2, 0.25) is 10.0 Å². The highest BCUT2D eigenvalue weighted by atomic mass is 35.5. The average Bonchev–Trinajstić information content (AvgIpc) is 2.47. The van der Waals surface area contributed by atoms with Crippen molar-refractivity contribution < 1.29 is 9.53 Å². The summed E-state index contributed by atoms with van der Waals surface area (Å²) in [6.07, 6.45) is 1.03. The van der Waals surface area contributed by atoms with Gasteiger partial charge in [0, 0.05) is 12.0 Å². The van der Waals surface area contributed by atoms with Crippen molar-refractivity contribution in [2.75, 3.05) is 7.11 Å². The van der Waals surface area contributed by atoms with Crippen LogP contribution in [0.3, 0.4) is 0 Å². The van der Waals surface area contributed by atoms with E-state index < -0.39 is 0 Å². The van der Waals surface area contributed by atoms with Crippen molar-refractivity contribution in [2.24, 2.45) is 0 Å². The van der Waals surface area contributed by atoms with Gasteiger partial charge in [-0.05, 0) is 36.2 Å². The minimum atomic E-state index is 0.0365. The standard InChI is InChI=1S/C16H14Cl2O2/c1-20-16-5-3-2-4-11(16)7-9-15(19)12-6-8-13(17)14(18)10-12/h2-6,8,10H,7,9H2,1H3. The maximum atomic E-state index is 12.1. The molecule has 0 saturated heterocycles. The van der Waals surface area contributed by atoms with Crippen LogP contribution < -0.4 is 4.74 Å². The van der Waals surface area contributed by atoms with Gasteiger partial charge in [-0.15, -0.1) is 0 Å². The summed E-state index contributed by atoms with van der Waals surface area (Å²) >= 11 is 11.8. The molecule has 2 aromatic carbocycles. The van der Waals surface area contributed by atoms with Gasteiger partial charge in [0.2, 0.25) is 0 Å². The number of rotatable bonds is 5. The highest BCUT2D eigenvalue weighted by molar-refractivity contribution is 6.42. The van der Waals surface area contributed by atoms with Crippen LogP contribution in [0.5, 0.6) is 5.75 Å². The number of ketones is 1. The Balaban J connectivity index is 2.06. The van der Waals surface area contributed by atoms with Crippen molar-refractivity contribution in [3.63, 3.8) is 0 Å². The molecule has 0 aliphatic heterocycles. The van der Waals surface area contributed by atoms with Crippen LogP contribution in [-0.4, -0.2) is 12.9 Å². The SMILES string of the molecule is COc1ccccc1CCC(=O)c1ccc(Cl)c(Cl)c1. The van der Waals surface area contributed by atoms with E-state index in [4.69, 9.17) is 27.9 Å². The molecule has 0 bridgehead atoms. The zero-order chi connectivity index (χ0) is 14.5. The second-order valence-corrected chi connectivity index (χ2v) is 5.18. The summed E-state index contributed by atoms with van der Waals surface area (Å²) in [7, 11) is 1.62. The summed E-state index contributed by atoms with van der Waals surface area (Å²) in [6, 6.07) is 12.6. The number of hydrogen-bond donors (Lipinski definition) is 0. The normalized spacial score (nSPS) is 10.3. The Kier molecular flexibility index (Phi) is 5.05. The van der Waals surface area contributed by atoms with Crippen molar-refractivity contribution in [3.05, 3.63) is 63.6 Å². The minimum absolute atomic E-state index is 0.0365. The molecule has 0 heterocycles. The lowest BCUT2D eigenvalue weighted by atomic mass is 10.0. The maximum absolute atomic E-state index is 12.1. The molecule has 0 fully saturated rings. The molecule has 0 atom stereocenters. The van der Waals surface area contributed by atoms with Crippen LogP contribution in [0.15, 0.2) is 42.5 Å². The molecular weight excluding hydrogens is 295 g/mol. The molecule has 0 saturated carbocycles. The van der Waals surface area contributed by atoms with Crippen LogP contribution >= 0.6 is 23.2 Å². The molecule has 0 radical (unpaired) electrons. The first kappa shape index (κ1) is 14.9. The molecule has 104 valence electrons. The molecule has 20 heavy (non-hydrogen) atoms. The van der Waals surface area contributed by atoms with Crippen molar-refractivity contribution in [1.82, 2.24) is 0 Å². The van der Waals surface area contributed by atoms with Gasteiger partial charge in [0.25, 0.3) is 0 Å². The lowest BCUT2D eigenvalue weighted by molar-refractivity contribution is 0.0982. The van der Waals surface area contributed by atoms with E-state index >= 15 is 0 Å². The van der Waals surface area contributed by atoms with Crippen LogP contribution in [-0.2, 0) is 6.42 Å². The molecule has 2 aromatic rings. The quantitative estimate of drug-likeness (QED) is 0.740. The summed E-state index contributed by atoms with van der Waals surface area (Å²) in [6.45, 7) is 0. The van der Waals surface area contributed by atoms with Gasteiger partial charge in [-0.25, -0.2) is 0 Å². The number of halogens is 2. The number of Topliss-reactive ketones (excluding diaryl/α,β-unsaturated/α-hetero) is 1. The van der Waals surface area contributed by atoms with Gasteiger partial charge in [-0.3, -0.25) is 4.79 Å². The van der Waals surface area contributed by atoms with E-state index in [1.165, 1.54) is 0 Å². The Hall–Kier alpha value is -1.51. The van der Waals surface area contributed by atoms with Crippen LogP contribution in [0.25, 0.3) is 0 Å². The van der Waals surface area contributed by atoms with Gasteiger partial charge in [-0.2, -0.15) is 0 Å². The number of hydrogen-bond acceptors (Lipinski definition) is 2. The Morgan fingerprint density at radius 3 is 2.55 bits per heavy atom. The molecule has 4 heteroatoms. The molecule has 0 aliphatic rings. The fourth-order valence-electron chi connectivity index (χ4n) is 1.97. The highest BCUT2D eigenvalue weighted by Gasteiger charge is 2.10.